The van der Waals surface area contributed by atoms with Crippen molar-refractivity contribution in [2.45, 2.75) is 19.4 Å². The summed E-state index contributed by atoms with van der Waals surface area (Å²) in [5.74, 6) is 0.792. The number of thioether (sulfide) groups is 1. The van der Waals surface area contributed by atoms with Crippen LogP contribution in [-0.4, -0.2) is 39.2 Å². The Hall–Kier alpha value is -2.67. The molecule has 1 aromatic carbocycles. The molecule has 0 atom stereocenters. The lowest BCUT2D eigenvalue weighted by Gasteiger charge is -2.11. The smallest absolute Gasteiger partial charge is 0.275 e. The van der Waals surface area contributed by atoms with Crippen LogP contribution in [-0.2, 0) is 17.8 Å². The Morgan fingerprint density at radius 3 is 2.63 bits per heavy atom. The van der Waals surface area contributed by atoms with Crippen LogP contribution in [0, 0.1) is 0 Å². The molecule has 1 N–H and O–H groups in total. The van der Waals surface area contributed by atoms with E-state index in [1.165, 1.54) is 4.68 Å². The second-order valence-electron chi connectivity index (χ2n) is 6.18. The van der Waals surface area contributed by atoms with E-state index >= 15 is 0 Å². The molecule has 0 bridgehead atoms. The lowest BCUT2D eigenvalue weighted by molar-refractivity contribution is -0.121. The molecule has 27 heavy (non-hydrogen) atoms. The zero-order chi connectivity index (χ0) is 19.1. The standard InChI is InChI=1S/C20H22N4O2S/c1-27-12-4-9-22-19(25)14-24-20(26)17-6-3-2-5-16(17)18(23-24)13-15-7-10-21-11-8-15/h2-3,5-8,10-11H,4,9,12-14H2,1H3,(H,22,25). The molecule has 0 spiro atoms. The highest BCUT2D eigenvalue weighted by Crippen LogP contribution is 2.16. The topological polar surface area (TPSA) is 76.9 Å². The molecule has 0 aliphatic heterocycles. The third kappa shape index (κ3) is 4.95. The highest BCUT2D eigenvalue weighted by molar-refractivity contribution is 7.98. The fourth-order valence-corrected chi connectivity index (χ4v) is 3.31. The molecule has 0 aliphatic rings. The normalized spacial score (nSPS) is 10.9. The summed E-state index contributed by atoms with van der Waals surface area (Å²) < 4.78 is 1.27. The van der Waals surface area contributed by atoms with Gasteiger partial charge in [0.1, 0.15) is 6.54 Å². The van der Waals surface area contributed by atoms with Gasteiger partial charge in [0.25, 0.3) is 5.56 Å². The van der Waals surface area contributed by atoms with Crippen LogP contribution in [0.1, 0.15) is 17.7 Å². The summed E-state index contributed by atoms with van der Waals surface area (Å²) in [6.45, 7) is 0.526. The van der Waals surface area contributed by atoms with E-state index in [0.717, 1.165) is 28.8 Å². The largest absolute Gasteiger partial charge is 0.354 e. The Morgan fingerprint density at radius 1 is 1.15 bits per heavy atom. The summed E-state index contributed by atoms with van der Waals surface area (Å²) in [5, 5.41) is 8.74. The molecule has 0 saturated carbocycles. The number of hydrogen-bond donors (Lipinski definition) is 1. The summed E-state index contributed by atoms with van der Waals surface area (Å²) >= 11 is 1.74. The minimum atomic E-state index is -0.247. The van der Waals surface area contributed by atoms with Crippen LogP contribution in [0.15, 0.2) is 53.6 Å². The summed E-state index contributed by atoms with van der Waals surface area (Å²) in [6, 6.07) is 11.2. The Bertz CT molecular complexity index is 973. The van der Waals surface area contributed by atoms with Crippen LogP contribution in [0.25, 0.3) is 10.8 Å². The highest BCUT2D eigenvalue weighted by Gasteiger charge is 2.13. The van der Waals surface area contributed by atoms with Crippen molar-refractivity contribution in [3.63, 3.8) is 0 Å². The average Bonchev–Trinajstić information content (AvgIpc) is 2.70. The van der Waals surface area contributed by atoms with Gasteiger partial charge in [-0.25, -0.2) is 4.68 Å². The number of amides is 1. The zero-order valence-electron chi connectivity index (χ0n) is 15.2. The second-order valence-corrected chi connectivity index (χ2v) is 7.17. The van der Waals surface area contributed by atoms with Gasteiger partial charge in [0.2, 0.25) is 5.91 Å². The number of nitrogens with zero attached hydrogens (tertiary/aromatic N) is 3. The molecular weight excluding hydrogens is 360 g/mol. The van der Waals surface area contributed by atoms with E-state index in [1.807, 2.05) is 36.6 Å². The molecular formula is C20H22N4O2S. The summed E-state index contributed by atoms with van der Waals surface area (Å²) in [7, 11) is 0. The van der Waals surface area contributed by atoms with E-state index in [0.29, 0.717) is 18.4 Å². The SMILES string of the molecule is CSCCCNC(=O)Cn1nc(Cc2ccncc2)c2ccccc2c1=O. The third-order valence-electron chi connectivity index (χ3n) is 4.21. The molecule has 2 heterocycles. The van der Waals surface area contributed by atoms with Gasteiger partial charge in [0.05, 0.1) is 11.1 Å². The van der Waals surface area contributed by atoms with Gasteiger partial charge in [-0.05, 0) is 42.2 Å². The number of nitrogens with one attached hydrogen (secondary N) is 1. The molecule has 3 rings (SSSR count). The molecule has 0 unspecified atom stereocenters. The van der Waals surface area contributed by atoms with Gasteiger partial charge < -0.3 is 5.32 Å². The van der Waals surface area contributed by atoms with Crippen molar-refractivity contribution in [1.82, 2.24) is 20.1 Å². The number of carbonyl (C=O) groups is 1. The van der Waals surface area contributed by atoms with Crippen LogP contribution < -0.4 is 10.9 Å². The molecule has 6 nitrogen and oxygen atoms in total. The van der Waals surface area contributed by atoms with E-state index in [1.54, 1.807) is 30.2 Å². The Morgan fingerprint density at radius 2 is 1.89 bits per heavy atom. The molecule has 3 aromatic rings. The third-order valence-corrected chi connectivity index (χ3v) is 4.90. The lowest BCUT2D eigenvalue weighted by atomic mass is 10.1. The molecule has 0 saturated heterocycles. The van der Waals surface area contributed by atoms with Crippen LogP contribution in [0.5, 0.6) is 0 Å². The van der Waals surface area contributed by atoms with E-state index in [2.05, 4.69) is 15.4 Å². The number of pyridine rings is 1. The average molecular weight is 382 g/mol. The van der Waals surface area contributed by atoms with Crippen LogP contribution in [0.2, 0.25) is 0 Å². The van der Waals surface area contributed by atoms with Crippen molar-refractivity contribution in [1.29, 1.82) is 0 Å². The second kappa shape index (κ2) is 9.32. The molecule has 0 aliphatic carbocycles. The first kappa shape index (κ1) is 19.1. The Kier molecular flexibility index (Phi) is 6.59. The number of rotatable bonds is 8. The van der Waals surface area contributed by atoms with Gasteiger partial charge in [-0.15, -0.1) is 0 Å². The Labute approximate surface area is 162 Å². The number of hydrogen-bond acceptors (Lipinski definition) is 5. The van der Waals surface area contributed by atoms with Crippen LogP contribution in [0.3, 0.4) is 0 Å². The van der Waals surface area contributed by atoms with Crippen molar-refractivity contribution < 1.29 is 4.79 Å². The van der Waals surface area contributed by atoms with Gasteiger partial charge >= 0.3 is 0 Å². The van der Waals surface area contributed by atoms with Crippen molar-refractivity contribution in [2.24, 2.45) is 0 Å². The number of fused-ring (bicyclic) bond motifs is 1. The number of aromatic nitrogens is 3. The van der Waals surface area contributed by atoms with Gasteiger partial charge in [0, 0.05) is 30.7 Å². The molecule has 140 valence electrons. The zero-order valence-corrected chi connectivity index (χ0v) is 16.0. The maximum atomic E-state index is 12.8. The van der Waals surface area contributed by atoms with Gasteiger partial charge in [-0.3, -0.25) is 14.6 Å². The van der Waals surface area contributed by atoms with Crippen molar-refractivity contribution in [2.75, 3.05) is 18.6 Å². The first-order valence-electron chi connectivity index (χ1n) is 8.82. The van der Waals surface area contributed by atoms with E-state index < -0.39 is 0 Å². The monoisotopic (exact) mass is 382 g/mol. The van der Waals surface area contributed by atoms with Gasteiger partial charge in [-0.2, -0.15) is 16.9 Å². The molecule has 0 radical (unpaired) electrons. The maximum absolute atomic E-state index is 12.8. The first-order valence-corrected chi connectivity index (χ1v) is 10.2. The van der Waals surface area contributed by atoms with Crippen LogP contribution in [0.4, 0.5) is 0 Å². The molecule has 0 fully saturated rings. The van der Waals surface area contributed by atoms with Crippen molar-refractivity contribution in [3.05, 3.63) is 70.4 Å². The minimum absolute atomic E-state index is 0.0771. The fraction of sp³-hybridized carbons (Fsp3) is 0.300. The lowest BCUT2D eigenvalue weighted by Crippen LogP contribution is -2.34. The predicted octanol–water partition coefficient (Wildman–Crippen LogP) is 2.25. The summed E-state index contributed by atoms with van der Waals surface area (Å²) in [5.41, 5.74) is 1.57. The van der Waals surface area contributed by atoms with E-state index in [-0.39, 0.29) is 18.0 Å². The summed E-state index contributed by atoms with van der Waals surface area (Å²) in [4.78, 5) is 29.0. The molecule has 2 aromatic heterocycles. The van der Waals surface area contributed by atoms with Gasteiger partial charge in [-0.1, -0.05) is 18.2 Å². The first-order chi connectivity index (χ1) is 13.2. The Balaban J connectivity index is 1.88. The summed E-state index contributed by atoms with van der Waals surface area (Å²) in [6.07, 6.45) is 6.97. The fourth-order valence-electron chi connectivity index (χ4n) is 2.87. The van der Waals surface area contributed by atoms with Crippen molar-refractivity contribution in [3.8, 4) is 0 Å². The van der Waals surface area contributed by atoms with Gasteiger partial charge in [0.15, 0.2) is 0 Å². The number of carbonyl (C=O) groups excluding carboxylic acids is 1. The number of benzene rings is 1. The molecule has 7 heteroatoms. The van der Waals surface area contributed by atoms with Crippen molar-refractivity contribution >= 4 is 28.4 Å². The predicted molar refractivity (Wildman–Crippen MR) is 109 cm³/mol. The van der Waals surface area contributed by atoms with E-state index in [4.69, 9.17) is 0 Å². The quantitative estimate of drug-likeness (QED) is 0.605. The maximum Gasteiger partial charge on any atom is 0.275 e. The minimum Gasteiger partial charge on any atom is -0.354 e. The van der Waals surface area contributed by atoms with Crippen LogP contribution >= 0.6 is 11.8 Å². The molecule has 1 amide bonds. The highest BCUT2D eigenvalue weighted by atomic mass is 32.2. The van der Waals surface area contributed by atoms with E-state index in [9.17, 15) is 9.59 Å².